The molecule has 4 rings (SSSR count). The van der Waals surface area contributed by atoms with Gasteiger partial charge >= 0.3 is 5.97 Å². The molecule has 0 aliphatic carbocycles. The van der Waals surface area contributed by atoms with Crippen molar-refractivity contribution in [1.82, 2.24) is 14.6 Å². The molecule has 1 unspecified atom stereocenters. The quantitative estimate of drug-likeness (QED) is 0.730. The van der Waals surface area contributed by atoms with Crippen LogP contribution in [0.1, 0.15) is 29.7 Å². The molecule has 1 aliphatic rings. The van der Waals surface area contributed by atoms with Crippen molar-refractivity contribution in [1.29, 1.82) is 0 Å². The molecular formula is C17H14N4O3. The van der Waals surface area contributed by atoms with Crippen molar-refractivity contribution >= 4 is 23.1 Å². The summed E-state index contributed by atoms with van der Waals surface area (Å²) in [5.41, 5.74) is 3.64. The summed E-state index contributed by atoms with van der Waals surface area (Å²) in [6.45, 7) is 3.16. The van der Waals surface area contributed by atoms with E-state index in [0.717, 1.165) is 16.8 Å². The lowest BCUT2D eigenvalue weighted by molar-refractivity contribution is -0.131. The van der Waals surface area contributed by atoms with E-state index in [1.807, 2.05) is 31.2 Å². The molecule has 1 aromatic carbocycles. The summed E-state index contributed by atoms with van der Waals surface area (Å²) in [5.74, 6) is -0.652. The largest absolute Gasteiger partial charge is 0.425 e. The maximum Gasteiger partial charge on any atom is 0.308 e. The zero-order chi connectivity index (χ0) is 16.8. The molecule has 0 saturated heterocycles. The summed E-state index contributed by atoms with van der Waals surface area (Å²) >= 11 is 0. The molecule has 24 heavy (non-hydrogen) atoms. The van der Waals surface area contributed by atoms with Gasteiger partial charge in [-0.3, -0.25) is 9.59 Å². The molecule has 0 fully saturated rings. The molecule has 3 heterocycles. The number of ether oxygens (including phenoxy) is 1. The predicted octanol–water partition coefficient (Wildman–Crippen LogP) is 2.05. The van der Waals surface area contributed by atoms with E-state index in [2.05, 4.69) is 15.4 Å². The Kier molecular flexibility index (Phi) is 3.09. The van der Waals surface area contributed by atoms with Gasteiger partial charge in [0.25, 0.3) is 0 Å². The number of carbonyl (C=O) groups is 2. The van der Waals surface area contributed by atoms with Crippen molar-refractivity contribution < 1.29 is 14.3 Å². The fourth-order valence-corrected chi connectivity index (χ4v) is 3.12. The number of aromatic nitrogens is 3. The van der Waals surface area contributed by atoms with Gasteiger partial charge in [-0.25, -0.2) is 9.50 Å². The van der Waals surface area contributed by atoms with Gasteiger partial charge in [-0.1, -0.05) is 18.2 Å². The Balaban J connectivity index is 1.93. The van der Waals surface area contributed by atoms with Crippen LogP contribution in [0.25, 0.3) is 5.52 Å². The second kappa shape index (κ2) is 5.16. The minimum Gasteiger partial charge on any atom is -0.425 e. The first-order valence-corrected chi connectivity index (χ1v) is 7.47. The predicted molar refractivity (Wildman–Crippen MR) is 85.9 cm³/mol. The number of rotatable bonds is 2. The van der Waals surface area contributed by atoms with Gasteiger partial charge < -0.3 is 10.1 Å². The van der Waals surface area contributed by atoms with Crippen LogP contribution in [0.5, 0.6) is 5.75 Å². The molecule has 1 aliphatic heterocycles. The maximum absolute atomic E-state index is 12.5. The van der Waals surface area contributed by atoms with Crippen LogP contribution < -0.4 is 10.1 Å². The highest BCUT2D eigenvalue weighted by molar-refractivity contribution is 6.05. The average Bonchev–Trinajstić information content (AvgIpc) is 3.04. The molecule has 0 radical (unpaired) electrons. The van der Waals surface area contributed by atoms with Crippen molar-refractivity contribution in [2.24, 2.45) is 0 Å². The van der Waals surface area contributed by atoms with E-state index in [9.17, 15) is 9.59 Å². The van der Waals surface area contributed by atoms with E-state index in [4.69, 9.17) is 4.74 Å². The number of nitrogens with one attached hydrogen (secondary N) is 1. The van der Waals surface area contributed by atoms with E-state index in [0.29, 0.717) is 17.0 Å². The minimum atomic E-state index is -0.523. The van der Waals surface area contributed by atoms with E-state index in [1.54, 1.807) is 10.7 Å². The van der Waals surface area contributed by atoms with Crippen LogP contribution in [-0.4, -0.2) is 26.5 Å². The summed E-state index contributed by atoms with van der Waals surface area (Å²) in [6, 6.07) is 7.53. The Bertz CT molecular complexity index is 993. The summed E-state index contributed by atoms with van der Waals surface area (Å²) in [5, 5.41) is 7.04. The lowest BCUT2D eigenvalue weighted by Crippen LogP contribution is -2.16. The molecule has 120 valence electrons. The molecule has 0 bridgehead atoms. The monoisotopic (exact) mass is 322 g/mol. The zero-order valence-electron chi connectivity index (χ0n) is 13.1. The van der Waals surface area contributed by atoms with E-state index in [-0.39, 0.29) is 5.91 Å². The van der Waals surface area contributed by atoms with Gasteiger partial charge in [0.1, 0.15) is 12.2 Å². The Morgan fingerprint density at radius 3 is 2.92 bits per heavy atom. The maximum atomic E-state index is 12.5. The SMILES string of the molecule is CC(=O)Oc1cn2ncnc(C3C(=O)Nc4ccccc43)c2c1C. The molecule has 0 spiro atoms. The number of esters is 1. The fraction of sp³-hybridized carbons (Fsp3) is 0.176. The molecule has 7 nitrogen and oxygen atoms in total. The molecule has 2 aromatic heterocycles. The molecule has 1 amide bonds. The van der Waals surface area contributed by atoms with Crippen molar-refractivity contribution in [3.05, 3.63) is 53.6 Å². The zero-order valence-corrected chi connectivity index (χ0v) is 13.1. The number of carbonyl (C=O) groups excluding carboxylic acids is 2. The van der Waals surface area contributed by atoms with Gasteiger partial charge in [-0.15, -0.1) is 0 Å². The highest BCUT2D eigenvalue weighted by Crippen LogP contribution is 2.39. The molecule has 1 N–H and O–H groups in total. The average molecular weight is 322 g/mol. The molecule has 7 heteroatoms. The lowest BCUT2D eigenvalue weighted by Gasteiger charge is -2.10. The molecule has 1 atom stereocenters. The topological polar surface area (TPSA) is 85.6 Å². The summed E-state index contributed by atoms with van der Waals surface area (Å²) in [4.78, 5) is 28.1. The smallest absolute Gasteiger partial charge is 0.308 e. The number of fused-ring (bicyclic) bond motifs is 2. The first-order valence-electron chi connectivity index (χ1n) is 7.47. The van der Waals surface area contributed by atoms with Gasteiger partial charge in [0.15, 0.2) is 5.75 Å². The van der Waals surface area contributed by atoms with Gasteiger partial charge in [-0.2, -0.15) is 5.10 Å². The summed E-state index contributed by atoms with van der Waals surface area (Å²) in [7, 11) is 0. The second-order valence-corrected chi connectivity index (χ2v) is 5.66. The van der Waals surface area contributed by atoms with Crippen molar-refractivity contribution in [3.63, 3.8) is 0 Å². The van der Waals surface area contributed by atoms with Crippen LogP contribution in [0, 0.1) is 6.92 Å². The first-order chi connectivity index (χ1) is 11.6. The highest BCUT2D eigenvalue weighted by Gasteiger charge is 2.35. The highest BCUT2D eigenvalue weighted by atomic mass is 16.5. The number of hydrogen-bond acceptors (Lipinski definition) is 5. The second-order valence-electron chi connectivity index (χ2n) is 5.66. The third-order valence-corrected chi connectivity index (χ3v) is 4.13. The van der Waals surface area contributed by atoms with Gasteiger partial charge in [0.05, 0.1) is 17.4 Å². The number of amides is 1. The minimum absolute atomic E-state index is 0.133. The Morgan fingerprint density at radius 1 is 1.33 bits per heavy atom. The Hall–Kier alpha value is -3.22. The lowest BCUT2D eigenvalue weighted by atomic mass is 9.95. The van der Waals surface area contributed by atoms with Crippen molar-refractivity contribution in [3.8, 4) is 5.75 Å². The standard InChI is InChI=1S/C17H14N4O3/c1-9-13(24-10(2)22)7-21-16(9)15(18-8-19-21)14-11-5-3-4-6-12(11)20-17(14)23/h3-8,14H,1-2H3,(H,20,23). The van der Waals surface area contributed by atoms with E-state index >= 15 is 0 Å². The van der Waals surface area contributed by atoms with Crippen molar-refractivity contribution in [2.45, 2.75) is 19.8 Å². The third-order valence-electron chi connectivity index (χ3n) is 4.13. The first kappa shape index (κ1) is 14.4. The van der Waals surface area contributed by atoms with Crippen LogP contribution in [0.2, 0.25) is 0 Å². The fourth-order valence-electron chi connectivity index (χ4n) is 3.12. The van der Waals surface area contributed by atoms with Crippen LogP contribution in [0.4, 0.5) is 5.69 Å². The van der Waals surface area contributed by atoms with Crippen LogP contribution >= 0.6 is 0 Å². The third kappa shape index (κ3) is 2.05. The van der Waals surface area contributed by atoms with Crippen LogP contribution in [0.15, 0.2) is 36.8 Å². The molecule has 0 saturated carbocycles. The molecule has 3 aromatic rings. The summed E-state index contributed by atoms with van der Waals surface area (Å²) in [6.07, 6.45) is 3.02. The Labute approximate surface area is 137 Å². The Morgan fingerprint density at radius 2 is 2.12 bits per heavy atom. The number of benzene rings is 1. The van der Waals surface area contributed by atoms with E-state index in [1.165, 1.54) is 13.3 Å². The van der Waals surface area contributed by atoms with E-state index < -0.39 is 11.9 Å². The van der Waals surface area contributed by atoms with Gasteiger partial charge in [0.2, 0.25) is 5.91 Å². The van der Waals surface area contributed by atoms with Crippen molar-refractivity contribution in [2.75, 3.05) is 5.32 Å². The summed E-state index contributed by atoms with van der Waals surface area (Å²) < 4.78 is 6.80. The number of hydrogen-bond donors (Lipinski definition) is 1. The molecular weight excluding hydrogens is 308 g/mol. The van der Waals surface area contributed by atoms with Gasteiger partial charge in [0, 0.05) is 18.2 Å². The van der Waals surface area contributed by atoms with Gasteiger partial charge in [-0.05, 0) is 18.6 Å². The number of anilines is 1. The van der Waals surface area contributed by atoms with Crippen LogP contribution in [-0.2, 0) is 9.59 Å². The number of nitrogens with zero attached hydrogens (tertiary/aromatic N) is 3. The van der Waals surface area contributed by atoms with Crippen LogP contribution in [0.3, 0.4) is 0 Å². The number of aryl methyl sites for hydroxylation is 1. The normalized spacial score (nSPS) is 16.1. The number of para-hydroxylation sites is 1.